The van der Waals surface area contributed by atoms with Crippen LogP contribution < -0.4 is 10.6 Å². The Morgan fingerprint density at radius 2 is 1.73 bits per heavy atom. The monoisotopic (exact) mass is 466 g/mol. The molecule has 0 saturated carbocycles. The van der Waals surface area contributed by atoms with Crippen molar-refractivity contribution in [1.82, 2.24) is 15.1 Å². The van der Waals surface area contributed by atoms with Gasteiger partial charge in [-0.15, -0.1) is 0 Å². The van der Waals surface area contributed by atoms with Crippen molar-refractivity contribution in [3.8, 4) is 16.8 Å². The number of hydrogen-bond donors (Lipinski definition) is 2. The molecule has 7 heteroatoms. The van der Waals surface area contributed by atoms with Crippen LogP contribution in [0.25, 0.3) is 16.8 Å². The second-order valence-corrected chi connectivity index (χ2v) is 8.46. The van der Waals surface area contributed by atoms with E-state index in [-0.39, 0.29) is 24.7 Å². The van der Waals surface area contributed by atoms with Crippen LogP contribution in [0.4, 0.5) is 5.82 Å². The highest BCUT2D eigenvalue weighted by Gasteiger charge is 2.20. The lowest BCUT2D eigenvalue weighted by molar-refractivity contribution is -0.124. The van der Waals surface area contributed by atoms with Crippen LogP contribution >= 0.6 is 11.6 Å². The summed E-state index contributed by atoms with van der Waals surface area (Å²) in [5.41, 5.74) is 3.31. The van der Waals surface area contributed by atoms with Gasteiger partial charge in [0, 0.05) is 30.0 Å². The number of halogens is 1. The minimum absolute atomic E-state index is 0.0921. The van der Waals surface area contributed by atoms with Crippen molar-refractivity contribution >= 4 is 29.2 Å². The van der Waals surface area contributed by atoms with E-state index in [1.807, 2.05) is 49.4 Å². The number of aryl methyl sites for hydroxylation is 1. The van der Waals surface area contributed by atoms with Crippen LogP contribution in [-0.2, 0) is 9.59 Å². The molecule has 0 saturated heterocycles. The summed E-state index contributed by atoms with van der Waals surface area (Å²) in [6, 6.07) is 17.1. The maximum Gasteiger partial charge on any atom is 0.226 e. The third-order valence-electron chi connectivity index (χ3n) is 5.37. The molecule has 1 heterocycles. The molecular formula is C26H31ClN4O2. The minimum Gasteiger partial charge on any atom is -0.356 e. The van der Waals surface area contributed by atoms with E-state index in [4.69, 9.17) is 11.6 Å². The summed E-state index contributed by atoms with van der Waals surface area (Å²) in [5.74, 6) is 0.215. The highest BCUT2D eigenvalue weighted by Crippen LogP contribution is 2.34. The number of nitrogens with zero attached hydrogens (tertiary/aromatic N) is 2. The predicted molar refractivity (Wildman–Crippen MR) is 134 cm³/mol. The van der Waals surface area contributed by atoms with E-state index in [9.17, 15) is 9.59 Å². The summed E-state index contributed by atoms with van der Waals surface area (Å²) in [4.78, 5) is 24.9. The molecule has 174 valence electrons. The number of amides is 2. The molecule has 2 aromatic carbocycles. The van der Waals surface area contributed by atoms with Gasteiger partial charge in [-0.1, -0.05) is 74.2 Å². The Morgan fingerprint density at radius 3 is 2.45 bits per heavy atom. The first kappa shape index (κ1) is 24.5. The molecule has 6 nitrogen and oxygen atoms in total. The first-order valence-corrected chi connectivity index (χ1v) is 11.8. The smallest absolute Gasteiger partial charge is 0.226 e. The minimum atomic E-state index is -0.239. The van der Waals surface area contributed by atoms with Crippen molar-refractivity contribution in [3.63, 3.8) is 0 Å². The summed E-state index contributed by atoms with van der Waals surface area (Å²) in [7, 11) is 0. The molecule has 1 aromatic heterocycles. The lowest BCUT2D eigenvalue weighted by Crippen LogP contribution is -2.26. The zero-order chi connectivity index (χ0) is 23.6. The van der Waals surface area contributed by atoms with Gasteiger partial charge in [-0.3, -0.25) is 9.59 Å². The Labute approximate surface area is 200 Å². The van der Waals surface area contributed by atoms with Gasteiger partial charge in [-0.05, 0) is 37.1 Å². The molecule has 0 aliphatic rings. The van der Waals surface area contributed by atoms with Gasteiger partial charge in [0.25, 0.3) is 0 Å². The quantitative estimate of drug-likeness (QED) is 0.344. The molecule has 3 aromatic rings. The number of anilines is 1. The van der Waals surface area contributed by atoms with Crippen LogP contribution in [0.1, 0.15) is 51.1 Å². The van der Waals surface area contributed by atoms with Gasteiger partial charge in [0.1, 0.15) is 5.82 Å². The number of carbonyl (C=O) groups excluding carboxylic acids is 2. The fourth-order valence-electron chi connectivity index (χ4n) is 3.68. The molecule has 0 spiro atoms. The number of nitrogens with one attached hydrogen (secondary N) is 2. The topological polar surface area (TPSA) is 76.0 Å². The van der Waals surface area contributed by atoms with Gasteiger partial charge < -0.3 is 10.6 Å². The van der Waals surface area contributed by atoms with Crippen LogP contribution in [0.5, 0.6) is 0 Å². The standard InChI is InChI=1S/C26H31ClN4O2/c1-3-4-5-9-17-28-23(32)15-16-24(33)29-26-25(20-11-7-6-8-12-20)19(2)30-31(26)22-14-10-13-21(27)18-22/h6-8,10-14,18H,3-5,9,15-17H2,1-2H3,(H,28,32)(H,29,33). The van der Waals surface area contributed by atoms with Crippen LogP contribution in [0.2, 0.25) is 5.02 Å². The van der Waals surface area contributed by atoms with Gasteiger partial charge in [0.05, 0.1) is 11.4 Å². The zero-order valence-electron chi connectivity index (χ0n) is 19.2. The third kappa shape index (κ3) is 6.93. The molecule has 0 aliphatic heterocycles. The van der Waals surface area contributed by atoms with Crippen LogP contribution in [0.15, 0.2) is 54.6 Å². The lowest BCUT2D eigenvalue weighted by atomic mass is 10.1. The second-order valence-electron chi connectivity index (χ2n) is 8.03. The van der Waals surface area contributed by atoms with Gasteiger partial charge in [-0.2, -0.15) is 5.10 Å². The first-order chi connectivity index (χ1) is 16.0. The number of benzene rings is 2. The molecule has 33 heavy (non-hydrogen) atoms. The maximum atomic E-state index is 12.8. The fourth-order valence-corrected chi connectivity index (χ4v) is 3.86. The van der Waals surface area contributed by atoms with Gasteiger partial charge in [-0.25, -0.2) is 4.68 Å². The summed E-state index contributed by atoms with van der Waals surface area (Å²) in [6.07, 6.45) is 4.63. The average molecular weight is 467 g/mol. The van der Waals surface area contributed by atoms with Crippen LogP contribution in [-0.4, -0.2) is 28.1 Å². The Bertz CT molecular complexity index is 1080. The number of carbonyl (C=O) groups is 2. The molecule has 3 rings (SSSR count). The molecule has 2 amide bonds. The Morgan fingerprint density at radius 1 is 0.970 bits per heavy atom. The van der Waals surface area contributed by atoms with E-state index in [0.717, 1.165) is 41.8 Å². The predicted octanol–water partition coefficient (Wildman–Crippen LogP) is 5.92. The number of hydrogen-bond acceptors (Lipinski definition) is 3. The molecule has 0 unspecified atom stereocenters. The maximum absolute atomic E-state index is 12.8. The summed E-state index contributed by atoms with van der Waals surface area (Å²) < 4.78 is 1.69. The third-order valence-corrected chi connectivity index (χ3v) is 5.60. The van der Waals surface area contributed by atoms with Crippen molar-refractivity contribution in [2.75, 3.05) is 11.9 Å². The van der Waals surface area contributed by atoms with Crippen molar-refractivity contribution < 1.29 is 9.59 Å². The molecule has 0 radical (unpaired) electrons. The van der Waals surface area contributed by atoms with Crippen molar-refractivity contribution in [2.24, 2.45) is 0 Å². The van der Waals surface area contributed by atoms with Crippen molar-refractivity contribution in [2.45, 2.75) is 52.4 Å². The summed E-state index contributed by atoms with van der Waals surface area (Å²) in [5, 5.41) is 11.1. The molecule has 0 atom stereocenters. The van der Waals surface area contributed by atoms with Gasteiger partial charge in [0.2, 0.25) is 11.8 Å². The number of rotatable bonds is 11. The highest BCUT2D eigenvalue weighted by atomic mass is 35.5. The lowest BCUT2D eigenvalue weighted by Gasteiger charge is -2.12. The first-order valence-electron chi connectivity index (χ1n) is 11.5. The SMILES string of the molecule is CCCCCCNC(=O)CCC(=O)Nc1c(-c2ccccc2)c(C)nn1-c1cccc(Cl)c1. The summed E-state index contributed by atoms with van der Waals surface area (Å²) >= 11 is 6.20. The Hall–Kier alpha value is -3.12. The zero-order valence-corrected chi connectivity index (χ0v) is 20.0. The molecule has 0 fully saturated rings. The average Bonchev–Trinajstić information content (AvgIpc) is 3.13. The van der Waals surface area contributed by atoms with Crippen molar-refractivity contribution in [3.05, 3.63) is 65.3 Å². The molecule has 0 bridgehead atoms. The number of unbranched alkanes of at least 4 members (excludes halogenated alkanes) is 3. The molecular weight excluding hydrogens is 436 g/mol. The van der Waals surface area contributed by atoms with E-state index in [2.05, 4.69) is 22.7 Å². The van der Waals surface area contributed by atoms with Crippen LogP contribution in [0, 0.1) is 6.92 Å². The van der Waals surface area contributed by atoms with Gasteiger partial charge >= 0.3 is 0 Å². The van der Waals surface area contributed by atoms with E-state index >= 15 is 0 Å². The fraction of sp³-hybridized carbons (Fsp3) is 0.346. The second kappa shape index (κ2) is 12.2. The van der Waals surface area contributed by atoms with E-state index in [1.54, 1.807) is 16.8 Å². The Balaban J connectivity index is 1.75. The van der Waals surface area contributed by atoms with Crippen LogP contribution in [0.3, 0.4) is 0 Å². The van der Waals surface area contributed by atoms with E-state index in [1.165, 1.54) is 6.42 Å². The van der Waals surface area contributed by atoms with Crippen molar-refractivity contribution in [1.29, 1.82) is 0 Å². The normalized spacial score (nSPS) is 10.8. The van der Waals surface area contributed by atoms with E-state index < -0.39 is 0 Å². The molecule has 2 N–H and O–H groups in total. The highest BCUT2D eigenvalue weighted by molar-refractivity contribution is 6.30. The summed E-state index contributed by atoms with van der Waals surface area (Å²) in [6.45, 7) is 4.71. The molecule has 0 aliphatic carbocycles. The van der Waals surface area contributed by atoms with E-state index in [0.29, 0.717) is 17.4 Å². The largest absolute Gasteiger partial charge is 0.356 e. The van der Waals surface area contributed by atoms with Gasteiger partial charge in [0.15, 0.2) is 0 Å². The Kier molecular flexibility index (Phi) is 9.07. The number of aromatic nitrogens is 2.